The maximum atomic E-state index is 9.46. The summed E-state index contributed by atoms with van der Waals surface area (Å²) in [5.41, 5.74) is 6.96. The maximum Gasteiger partial charge on any atom is 0.137 e. The van der Waals surface area contributed by atoms with E-state index < -0.39 is 0 Å². The third-order valence-electron chi connectivity index (χ3n) is 3.35. The predicted octanol–water partition coefficient (Wildman–Crippen LogP) is 0.848. The molecular formula is C13H16N4O. The molecule has 1 atom stereocenters. The van der Waals surface area contributed by atoms with Crippen molar-refractivity contribution >= 4 is 0 Å². The molecule has 0 bridgehead atoms. The molecule has 1 aromatic heterocycles. The van der Waals surface area contributed by atoms with Gasteiger partial charge < -0.3 is 15.4 Å². The minimum atomic E-state index is 0.204. The molecule has 3 rings (SSSR count). The van der Waals surface area contributed by atoms with E-state index in [4.69, 9.17) is 5.73 Å². The first-order valence-corrected chi connectivity index (χ1v) is 6.17. The number of phenols is 1. The van der Waals surface area contributed by atoms with Crippen LogP contribution in [0.25, 0.3) is 0 Å². The molecule has 0 amide bonds. The first-order valence-electron chi connectivity index (χ1n) is 6.17. The smallest absolute Gasteiger partial charge is 0.137 e. The lowest BCUT2D eigenvalue weighted by Gasteiger charge is -2.20. The normalized spacial score (nSPS) is 18.6. The molecule has 0 radical (unpaired) electrons. The quantitative estimate of drug-likeness (QED) is 0.821. The second-order valence-electron chi connectivity index (χ2n) is 4.78. The van der Waals surface area contributed by atoms with Crippen LogP contribution in [0.4, 0.5) is 0 Å². The zero-order chi connectivity index (χ0) is 12.5. The minimum Gasteiger partial charge on any atom is -0.508 e. The van der Waals surface area contributed by atoms with Gasteiger partial charge >= 0.3 is 0 Å². The van der Waals surface area contributed by atoms with Crippen molar-refractivity contribution in [1.82, 2.24) is 14.8 Å². The summed E-state index contributed by atoms with van der Waals surface area (Å²) in [6.07, 6.45) is 2.46. The molecule has 0 fully saturated rings. The van der Waals surface area contributed by atoms with E-state index in [1.807, 2.05) is 12.1 Å². The van der Waals surface area contributed by atoms with Gasteiger partial charge in [0.15, 0.2) is 0 Å². The van der Waals surface area contributed by atoms with Crippen LogP contribution in [0.2, 0.25) is 0 Å². The van der Waals surface area contributed by atoms with Gasteiger partial charge in [-0.3, -0.25) is 0 Å². The lowest BCUT2D eigenvalue weighted by Crippen LogP contribution is -2.31. The summed E-state index contributed by atoms with van der Waals surface area (Å²) >= 11 is 0. The van der Waals surface area contributed by atoms with Crippen LogP contribution in [0.5, 0.6) is 5.75 Å². The number of benzene rings is 1. The molecule has 1 aliphatic heterocycles. The number of aromatic nitrogens is 3. The van der Waals surface area contributed by atoms with E-state index in [1.165, 1.54) is 0 Å². The third kappa shape index (κ3) is 2.09. The Labute approximate surface area is 105 Å². The highest BCUT2D eigenvalue weighted by Gasteiger charge is 2.20. The van der Waals surface area contributed by atoms with Crippen LogP contribution in [-0.4, -0.2) is 25.9 Å². The van der Waals surface area contributed by atoms with Crippen LogP contribution in [0.15, 0.2) is 24.3 Å². The molecule has 94 valence electrons. The summed E-state index contributed by atoms with van der Waals surface area (Å²) in [4.78, 5) is 0. The van der Waals surface area contributed by atoms with Crippen LogP contribution < -0.4 is 5.73 Å². The molecule has 2 aromatic rings. The molecule has 0 spiro atoms. The van der Waals surface area contributed by atoms with E-state index in [9.17, 15) is 5.11 Å². The largest absolute Gasteiger partial charge is 0.508 e. The zero-order valence-electron chi connectivity index (χ0n) is 10.1. The Balaban J connectivity index is 1.86. The lowest BCUT2D eigenvalue weighted by atomic mass is 10.1. The van der Waals surface area contributed by atoms with Crippen molar-refractivity contribution in [1.29, 1.82) is 0 Å². The van der Waals surface area contributed by atoms with Crippen molar-refractivity contribution in [2.45, 2.75) is 31.8 Å². The highest BCUT2D eigenvalue weighted by atomic mass is 16.3. The summed E-state index contributed by atoms with van der Waals surface area (Å²) in [6.45, 7) is 0.887. The van der Waals surface area contributed by atoms with Crippen LogP contribution in [0.3, 0.4) is 0 Å². The van der Waals surface area contributed by atoms with E-state index in [2.05, 4.69) is 14.8 Å². The van der Waals surface area contributed by atoms with Gasteiger partial charge in [0.05, 0.1) is 0 Å². The Morgan fingerprint density at radius 3 is 3.11 bits per heavy atom. The standard InChI is InChI=1S/C13H16N4O/c14-10-4-5-17-12(15-16-13(17)8-10)7-9-2-1-3-11(18)6-9/h1-3,6,10,18H,4-5,7-8,14H2. The topological polar surface area (TPSA) is 77.0 Å². The molecule has 18 heavy (non-hydrogen) atoms. The maximum absolute atomic E-state index is 9.46. The molecule has 1 aliphatic rings. The van der Waals surface area contributed by atoms with Crippen LogP contribution in [0, 0.1) is 0 Å². The van der Waals surface area contributed by atoms with E-state index in [-0.39, 0.29) is 11.8 Å². The summed E-state index contributed by atoms with van der Waals surface area (Å²) in [5.74, 6) is 2.21. The number of rotatable bonds is 2. The van der Waals surface area contributed by atoms with Gasteiger partial charge in [-0.2, -0.15) is 0 Å². The molecule has 0 saturated heterocycles. The number of phenolic OH excluding ortho intramolecular Hbond substituents is 1. The molecule has 1 unspecified atom stereocenters. The fraction of sp³-hybridized carbons (Fsp3) is 0.385. The van der Waals surface area contributed by atoms with Crippen molar-refractivity contribution in [3.8, 4) is 5.75 Å². The predicted molar refractivity (Wildman–Crippen MR) is 67.2 cm³/mol. The van der Waals surface area contributed by atoms with Crippen LogP contribution in [0.1, 0.15) is 23.6 Å². The average Bonchev–Trinajstić information content (AvgIpc) is 2.72. The first-order chi connectivity index (χ1) is 8.72. The van der Waals surface area contributed by atoms with Gasteiger partial charge in [0.1, 0.15) is 17.4 Å². The van der Waals surface area contributed by atoms with Gasteiger partial charge in [0.2, 0.25) is 0 Å². The first kappa shape index (κ1) is 11.2. The van der Waals surface area contributed by atoms with Crippen molar-refractivity contribution < 1.29 is 5.11 Å². The highest BCUT2D eigenvalue weighted by Crippen LogP contribution is 2.18. The number of aromatic hydroxyl groups is 1. The molecule has 2 heterocycles. The zero-order valence-corrected chi connectivity index (χ0v) is 10.1. The SMILES string of the molecule is NC1CCn2c(Cc3cccc(O)c3)nnc2C1. The van der Waals surface area contributed by atoms with Crippen molar-refractivity contribution in [3.63, 3.8) is 0 Å². The monoisotopic (exact) mass is 244 g/mol. The van der Waals surface area contributed by atoms with Crippen molar-refractivity contribution in [3.05, 3.63) is 41.5 Å². The van der Waals surface area contributed by atoms with Crippen LogP contribution >= 0.6 is 0 Å². The fourth-order valence-electron chi connectivity index (χ4n) is 2.39. The number of fused-ring (bicyclic) bond motifs is 1. The fourth-order valence-corrected chi connectivity index (χ4v) is 2.39. The van der Waals surface area contributed by atoms with Gasteiger partial charge in [0.25, 0.3) is 0 Å². The molecule has 5 nitrogen and oxygen atoms in total. The molecule has 3 N–H and O–H groups in total. The Hall–Kier alpha value is -1.88. The Morgan fingerprint density at radius 1 is 1.39 bits per heavy atom. The van der Waals surface area contributed by atoms with Crippen molar-refractivity contribution in [2.75, 3.05) is 0 Å². The third-order valence-corrected chi connectivity index (χ3v) is 3.35. The summed E-state index contributed by atoms with van der Waals surface area (Å²) in [7, 11) is 0. The lowest BCUT2D eigenvalue weighted by molar-refractivity contribution is 0.455. The number of hydrogen-bond donors (Lipinski definition) is 2. The van der Waals surface area contributed by atoms with E-state index in [1.54, 1.807) is 12.1 Å². The molecule has 0 aliphatic carbocycles. The molecule has 0 saturated carbocycles. The van der Waals surface area contributed by atoms with Gasteiger partial charge in [0, 0.05) is 25.4 Å². The van der Waals surface area contributed by atoms with Crippen LogP contribution in [-0.2, 0) is 19.4 Å². The molecular weight excluding hydrogens is 228 g/mol. The average molecular weight is 244 g/mol. The Kier molecular flexibility index (Phi) is 2.76. The van der Waals surface area contributed by atoms with Gasteiger partial charge in [-0.05, 0) is 24.1 Å². The Morgan fingerprint density at radius 2 is 2.28 bits per heavy atom. The second-order valence-corrected chi connectivity index (χ2v) is 4.78. The number of nitrogens with two attached hydrogens (primary N) is 1. The van der Waals surface area contributed by atoms with Gasteiger partial charge in [-0.25, -0.2) is 0 Å². The minimum absolute atomic E-state index is 0.204. The number of hydrogen-bond acceptors (Lipinski definition) is 4. The summed E-state index contributed by atoms with van der Waals surface area (Å²) < 4.78 is 2.15. The van der Waals surface area contributed by atoms with E-state index in [0.29, 0.717) is 6.42 Å². The highest BCUT2D eigenvalue weighted by molar-refractivity contribution is 5.29. The van der Waals surface area contributed by atoms with Crippen molar-refractivity contribution in [2.24, 2.45) is 5.73 Å². The summed E-state index contributed by atoms with van der Waals surface area (Å²) in [5, 5.41) is 17.9. The summed E-state index contributed by atoms with van der Waals surface area (Å²) in [6, 6.07) is 7.46. The van der Waals surface area contributed by atoms with Gasteiger partial charge in [-0.1, -0.05) is 12.1 Å². The van der Waals surface area contributed by atoms with Gasteiger partial charge in [-0.15, -0.1) is 10.2 Å². The molecule has 5 heteroatoms. The Bertz CT molecular complexity index is 564. The van der Waals surface area contributed by atoms with E-state index >= 15 is 0 Å². The van der Waals surface area contributed by atoms with E-state index in [0.717, 1.165) is 36.6 Å². The number of nitrogens with zero attached hydrogens (tertiary/aromatic N) is 3. The molecule has 1 aromatic carbocycles. The second kappa shape index (κ2) is 4.42.